The van der Waals surface area contributed by atoms with Crippen LogP contribution in [-0.4, -0.2) is 35.8 Å². The number of aromatic amines is 1. The highest BCUT2D eigenvalue weighted by Gasteiger charge is 2.26. The molecule has 2 aromatic rings. The van der Waals surface area contributed by atoms with Gasteiger partial charge in [-0.25, -0.2) is 12.8 Å². The Hall–Kier alpha value is -2.20. The molecule has 1 aromatic carbocycles. The minimum Gasteiger partial charge on any atom is -0.377 e. The fourth-order valence-electron chi connectivity index (χ4n) is 2.32. The van der Waals surface area contributed by atoms with Gasteiger partial charge in [-0.05, 0) is 19.9 Å². The number of halogens is 2. The monoisotopic (exact) mass is 390 g/mol. The molecule has 25 heavy (non-hydrogen) atoms. The van der Waals surface area contributed by atoms with Crippen LogP contribution in [0.1, 0.15) is 19.4 Å². The zero-order chi connectivity index (χ0) is 18.9. The molecular formula is C14H16ClFN4O4S. The van der Waals surface area contributed by atoms with E-state index >= 15 is 0 Å². The number of aromatic nitrogens is 2. The van der Waals surface area contributed by atoms with Crippen LogP contribution in [-0.2, 0) is 15.7 Å². The smallest absolute Gasteiger partial charge is 0.295 e. The minimum atomic E-state index is -3.65. The fraction of sp³-hybridized carbons (Fsp3) is 0.357. The Bertz CT molecular complexity index is 927. The minimum absolute atomic E-state index is 0.00497. The lowest BCUT2D eigenvalue weighted by Crippen LogP contribution is -2.12. The number of H-pyrrole nitrogens is 1. The van der Waals surface area contributed by atoms with Gasteiger partial charge in [-0.3, -0.25) is 15.2 Å². The summed E-state index contributed by atoms with van der Waals surface area (Å²) < 4.78 is 38.0. The highest BCUT2D eigenvalue weighted by Crippen LogP contribution is 2.36. The van der Waals surface area contributed by atoms with Crippen LogP contribution in [0.5, 0.6) is 0 Å². The lowest BCUT2D eigenvalue weighted by atomic mass is 10.1. The van der Waals surface area contributed by atoms with Crippen LogP contribution in [0.3, 0.4) is 0 Å². The highest BCUT2D eigenvalue weighted by molar-refractivity contribution is 7.90. The lowest BCUT2D eigenvalue weighted by molar-refractivity contribution is -0.384. The molecule has 1 aromatic heterocycles. The molecule has 2 N–H and O–H groups in total. The van der Waals surface area contributed by atoms with Crippen LogP contribution in [0.15, 0.2) is 17.2 Å². The quantitative estimate of drug-likeness (QED) is 0.444. The van der Waals surface area contributed by atoms with Crippen LogP contribution in [0.25, 0.3) is 11.3 Å². The Balaban J connectivity index is 2.72. The van der Waals surface area contributed by atoms with Crippen molar-refractivity contribution >= 4 is 32.8 Å². The standard InChI is InChI=1S/C14H16ClFN4O4S/c1-7(2)17-11-4-8(10(16)5-12(11)20(21)22)13-9(6-15)14(19-18-13)25(3,23)24/h4-5,7,17H,6H2,1-3H3,(H,18,19). The third-order valence-corrected chi connectivity index (χ3v) is 4.66. The number of benzene rings is 1. The highest BCUT2D eigenvalue weighted by atomic mass is 35.5. The number of sulfone groups is 1. The number of nitro groups is 1. The molecule has 0 saturated heterocycles. The summed E-state index contributed by atoms with van der Waals surface area (Å²) in [7, 11) is -3.65. The van der Waals surface area contributed by atoms with Gasteiger partial charge in [0.1, 0.15) is 17.2 Å². The maximum absolute atomic E-state index is 14.5. The van der Waals surface area contributed by atoms with Gasteiger partial charge in [-0.1, -0.05) is 0 Å². The van der Waals surface area contributed by atoms with E-state index in [4.69, 9.17) is 11.6 Å². The lowest BCUT2D eigenvalue weighted by Gasteiger charge is -2.12. The molecule has 0 fully saturated rings. The summed E-state index contributed by atoms with van der Waals surface area (Å²) in [6.07, 6.45) is 0.971. The predicted octanol–water partition coefficient (Wildman–Crippen LogP) is 3.09. The maximum Gasteiger partial charge on any atom is 0.295 e. The number of hydrogen-bond donors (Lipinski definition) is 2. The molecular weight excluding hydrogens is 375 g/mol. The second kappa shape index (κ2) is 6.96. The topological polar surface area (TPSA) is 118 Å². The van der Waals surface area contributed by atoms with Gasteiger partial charge in [0, 0.05) is 23.4 Å². The molecule has 0 aliphatic rings. The number of hydrogen-bond acceptors (Lipinski definition) is 6. The normalized spacial score (nSPS) is 11.8. The predicted molar refractivity (Wildman–Crippen MR) is 92.1 cm³/mol. The number of nitrogens with zero attached hydrogens (tertiary/aromatic N) is 2. The van der Waals surface area contributed by atoms with Gasteiger partial charge < -0.3 is 5.32 Å². The van der Waals surface area contributed by atoms with Crippen LogP contribution in [0.2, 0.25) is 0 Å². The SMILES string of the molecule is CC(C)Nc1cc(-c2n[nH]c(S(C)(=O)=O)c2CCl)c(F)cc1[N+](=O)[O-]. The summed E-state index contributed by atoms with van der Waals surface area (Å²) in [5.41, 5.74) is -0.320. The van der Waals surface area contributed by atoms with E-state index in [9.17, 15) is 22.9 Å². The van der Waals surface area contributed by atoms with Crippen molar-refractivity contribution in [3.8, 4) is 11.3 Å². The van der Waals surface area contributed by atoms with Gasteiger partial charge >= 0.3 is 0 Å². The van der Waals surface area contributed by atoms with Crippen molar-refractivity contribution in [2.45, 2.75) is 30.8 Å². The Morgan fingerprint density at radius 2 is 2.08 bits per heavy atom. The second-order valence-corrected chi connectivity index (χ2v) is 7.91. The zero-order valence-electron chi connectivity index (χ0n) is 13.6. The first-order valence-corrected chi connectivity index (χ1v) is 9.57. The van der Waals surface area contributed by atoms with Crippen molar-refractivity contribution < 1.29 is 17.7 Å². The zero-order valence-corrected chi connectivity index (χ0v) is 15.2. The first-order chi connectivity index (χ1) is 11.6. The summed E-state index contributed by atoms with van der Waals surface area (Å²) in [6, 6.07) is 1.86. The molecule has 2 rings (SSSR count). The third-order valence-electron chi connectivity index (χ3n) is 3.31. The first-order valence-electron chi connectivity index (χ1n) is 7.14. The molecule has 0 bridgehead atoms. The molecule has 0 saturated carbocycles. The van der Waals surface area contributed by atoms with E-state index in [1.807, 2.05) is 0 Å². The largest absolute Gasteiger partial charge is 0.377 e. The summed E-state index contributed by atoms with van der Waals surface area (Å²) in [5, 5.41) is 20.0. The first kappa shape index (κ1) is 19.1. The van der Waals surface area contributed by atoms with E-state index in [-0.39, 0.29) is 39.5 Å². The van der Waals surface area contributed by atoms with Crippen molar-refractivity contribution in [2.24, 2.45) is 0 Å². The molecule has 0 unspecified atom stereocenters. The second-order valence-electron chi connectivity index (χ2n) is 5.69. The molecule has 1 heterocycles. The Labute approximate surface area is 148 Å². The van der Waals surface area contributed by atoms with E-state index < -0.39 is 26.3 Å². The molecule has 0 atom stereocenters. The van der Waals surface area contributed by atoms with E-state index in [1.165, 1.54) is 6.07 Å². The Kier molecular flexibility index (Phi) is 5.33. The van der Waals surface area contributed by atoms with E-state index in [0.29, 0.717) is 0 Å². The van der Waals surface area contributed by atoms with Crippen molar-refractivity contribution in [2.75, 3.05) is 11.6 Å². The molecule has 11 heteroatoms. The average molecular weight is 391 g/mol. The van der Waals surface area contributed by atoms with Gasteiger partial charge in [0.25, 0.3) is 5.69 Å². The van der Waals surface area contributed by atoms with Crippen LogP contribution in [0, 0.1) is 15.9 Å². The number of nitro benzene ring substituents is 1. The van der Waals surface area contributed by atoms with Crippen molar-refractivity contribution in [1.29, 1.82) is 0 Å². The summed E-state index contributed by atoms with van der Waals surface area (Å²) >= 11 is 5.82. The number of nitrogens with one attached hydrogen (secondary N) is 2. The molecule has 0 radical (unpaired) electrons. The molecule has 0 amide bonds. The average Bonchev–Trinajstić information content (AvgIpc) is 2.91. The van der Waals surface area contributed by atoms with Gasteiger partial charge in [-0.2, -0.15) is 5.10 Å². The van der Waals surface area contributed by atoms with Crippen LogP contribution < -0.4 is 5.32 Å². The van der Waals surface area contributed by atoms with Crippen LogP contribution in [0.4, 0.5) is 15.8 Å². The van der Waals surface area contributed by atoms with Crippen molar-refractivity contribution in [3.05, 3.63) is 33.6 Å². The van der Waals surface area contributed by atoms with Gasteiger partial charge in [-0.15, -0.1) is 11.6 Å². The van der Waals surface area contributed by atoms with Gasteiger partial charge in [0.15, 0.2) is 14.9 Å². The number of anilines is 1. The van der Waals surface area contributed by atoms with Gasteiger partial charge in [0.05, 0.1) is 16.9 Å². The third kappa shape index (κ3) is 3.90. The van der Waals surface area contributed by atoms with Gasteiger partial charge in [0.2, 0.25) is 0 Å². The summed E-state index contributed by atoms with van der Waals surface area (Å²) in [4.78, 5) is 10.4. The molecule has 8 nitrogen and oxygen atoms in total. The number of alkyl halides is 1. The van der Waals surface area contributed by atoms with E-state index in [2.05, 4.69) is 15.5 Å². The Morgan fingerprint density at radius 1 is 1.44 bits per heavy atom. The Morgan fingerprint density at radius 3 is 2.56 bits per heavy atom. The summed E-state index contributed by atoms with van der Waals surface area (Å²) in [6.45, 7) is 3.54. The van der Waals surface area contributed by atoms with Crippen molar-refractivity contribution in [1.82, 2.24) is 10.2 Å². The van der Waals surface area contributed by atoms with Crippen LogP contribution >= 0.6 is 11.6 Å². The summed E-state index contributed by atoms with van der Waals surface area (Å²) in [5.74, 6) is -1.13. The molecule has 0 spiro atoms. The molecule has 136 valence electrons. The fourth-order valence-corrected chi connectivity index (χ4v) is 3.49. The van der Waals surface area contributed by atoms with Crippen molar-refractivity contribution in [3.63, 3.8) is 0 Å². The maximum atomic E-state index is 14.5. The van der Waals surface area contributed by atoms with E-state index in [0.717, 1.165) is 12.3 Å². The molecule has 0 aliphatic carbocycles. The number of rotatable bonds is 6. The van der Waals surface area contributed by atoms with E-state index in [1.54, 1.807) is 13.8 Å². The molecule has 0 aliphatic heterocycles.